The van der Waals surface area contributed by atoms with Crippen molar-refractivity contribution >= 4 is 17.8 Å². The first-order valence-electron chi connectivity index (χ1n) is 9.57. The number of unbranched alkanes of at least 4 members (excludes halogenated alkanes) is 1. The van der Waals surface area contributed by atoms with Crippen molar-refractivity contribution in [2.45, 2.75) is 64.1 Å². The molecule has 7 heteroatoms. The number of carbonyl (C=O) groups excluding carboxylic acids is 2. The van der Waals surface area contributed by atoms with Crippen molar-refractivity contribution in [3.8, 4) is 0 Å². The number of nitrogens with one attached hydrogen (secondary N) is 2. The van der Waals surface area contributed by atoms with E-state index in [-0.39, 0.29) is 37.0 Å². The van der Waals surface area contributed by atoms with Crippen LogP contribution in [0.25, 0.3) is 0 Å². The molecule has 7 nitrogen and oxygen atoms in total. The lowest BCUT2D eigenvalue weighted by Crippen LogP contribution is -2.42. The molecule has 0 aromatic carbocycles. The molecule has 2 aliphatic heterocycles. The van der Waals surface area contributed by atoms with Crippen LogP contribution >= 0.6 is 0 Å². The van der Waals surface area contributed by atoms with Crippen LogP contribution in [0.3, 0.4) is 0 Å². The Balaban J connectivity index is 1.73. The van der Waals surface area contributed by atoms with Gasteiger partial charge in [-0.1, -0.05) is 19.1 Å². The van der Waals surface area contributed by atoms with Crippen molar-refractivity contribution in [1.29, 1.82) is 0 Å². The molecule has 0 aliphatic carbocycles. The molecule has 2 heterocycles. The number of carboxylic acid groups (broad SMARTS) is 1. The fraction of sp³-hybridized carbons (Fsp3) is 0.737. The molecule has 2 rings (SSSR count). The summed E-state index contributed by atoms with van der Waals surface area (Å²) in [6.45, 7) is 2.33. The number of hydrogen-bond donors (Lipinski definition) is 3. The van der Waals surface area contributed by atoms with Gasteiger partial charge in [-0.15, -0.1) is 0 Å². The zero-order chi connectivity index (χ0) is 18.9. The lowest BCUT2D eigenvalue weighted by Gasteiger charge is -2.27. The van der Waals surface area contributed by atoms with Gasteiger partial charge in [0.25, 0.3) is 0 Å². The molecule has 4 atom stereocenters. The Hall–Kier alpha value is -1.89. The Morgan fingerprint density at radius 3 is 2.50 bits per heavy atom. The molecule has 0 aromatic rings. The van der Waals surface area contributed by atoms with Crippen molar-refractivity contribution in [3.05, 3.63) is 12.2 Å². The molecule has 0 unspecified atom stereocenters. The number of ether oxygens (including phenoxy) is 1. The third-order valence-corrected chi connectivity index (χ3v) is 5.23. The first-order valence-corrected chi connectivity index (χ1v) is 9.57. The lowest BCUT2D eigenvalue weighted by atomic mass is 9.77. The summed E-state index contributed by atoms with van der Waals surface area (Å²) in [5.74, 6) is -0.379. The highest BCUT2D eigenvalue weighted by Crippen LogP contribution is 2.44. The second-order valence-electron chi connectivity index (χ2n) is 7.05. The van der Waals surface area contributed by atoms with Gasteiger partial charge in [0.05, 0.1) is 18.8 Å². The van der Waals surface area contributed by atoms with Gasteiger partial charge in [-0.3, -0.25) is 14.4 Å². The summed E-state index contributed by atoms with van der Waals surface area (Å²) in [6.07, 6.45) is 9.61. The predicted molar refractivity (Wildman–Crippen MR) is 96.4 cm³/mol. The van der Waals surface area contributed by atoms with Gasteiger partial charge in [0.15, 0.2) is 0 Å². The average molecular weight is 366 g/mol. The fourth-order valence-electron chi connectivity index (χ4n) is 3.82. The predicted octanol–water partition coefficient (Wildman–Crippen LogP) is 1.62. The van der Waals surface area contributed by atoms with Gasteiger partial charge in [0, 0.05) is 25.3 Å². The molecule has 26 heavy (non-hydrogen) atoms. The standard InChI is InChI=1S/C19H30N2O5/c1-2-17(22)21-12-18(23)20-11-14-13(15-9-10-16(14)26-15)7-5-3-4-6-8-19(24)25/h3,5,13-16H,2,4,6-12H2,1H3,(H,20,23)(H,21,22)(H,24,25)/t13-,14+,15-,16+/m1/s1. The number of fused-ring (bicyclic) bond motifs is 2. The Kier molecular flexibility index (Phi) is 8.09. The number of carboxylic acids is 1. The van der Waals surface area contributed by atoms with Gasteiger partial charge in [-0.05, 0) is 38.0 Å². The van der Waals surface area contributed by atoms with Gasteiger partial charge >= 0.3 is 5.97 Å². The van der Waals surface area contributed by atoms with E-state index in [9.17, 15) is 14.4 Å². The molecule has 2 aliphatic rings. The maximum absolute atomic E-state index is 11.9. The SMILES string of the molecule is CCC(=O)NCC(=O)NC[C@H]1[C@@H](CC=CCCCC(=O)O)[C@H]2CC[C@@H]1O2. The van der Waals surface area contributed by atoms with E-state index in [0.29, 0.717) is 31.2 Å². The third kappa shape index (κ3) is 6.12. The second-order valence-corrected chi connectivity index (χ2v) is 7.05. The smallest absolute Gasteiger partial charge is 0.303 e. The molecule has 0 spiro atoms. The molecule has 2 saturated heterocycles. The number of allylic oxidation sites excluding steroid dienone is 2. The monoisotopic (exact) mass is 366 g/mol. The van der Waals surface area contributed by atoms with Crippen LogP contribution in [0.2, 0.25) is 0 Å². The van der Waals surface area contributed by atoms with Crippen molar-refractivity contribution in [2.24, 2.45) is 11.8 Å². The molecule has 0 radical (unpaired) electrons. The topological polar surface area (TPSA) is 105 Å². The number of hydrogen-bond acceptors (Lipinski definition) is 4. The summed E-state index contributed by atoms with van der Waals surface area (Å²) in [5.41, 5.74) is 0. The summed E-state index contributed by atoms with van der Waals surface area (Å²) < 4.78 is 6.02. The Morgan fingerprint density at radius 1 is 1.08 bits per heavy atom. The van der Waals surface area contributed by atoms with E-state index in [0.717, 1.165) is 25.7 Å². The molecular formula is C19H30N2O5. The Bertz CT molecular complexity index is 534. The van der Waals surface area contributed by atoms with Crippen LogP contribution in [0.15, 0.2) is 12.2 Å². The van der Waals surface area contributed by atoms with Crippen LogP contribution in [0, 0.1) is 11.8 Å². The fourth-order valence-corrected chi connectivity index (χ4v) is 3.82. The van der Waals surface area contributed by atoms with Gasteiger partial charge in [0.2, 0.25) is 11.8 Å². The van der Waals surface area contributed by atoms with Crippen LogP contribution in [-0.2, 0) is 19.1 Å². The molecule has 0 aromatic heterocycles. The zero-order valence-electron chi connectivity index (χ0n) is 15.4. The lowest BCUT2D eigenvalue weighted by molar-refractivity contribution is -0.137. The summed E-state index contributed by atoms with van der Waals surface area (Å²) in [6, 6.07) is 0. The van der Waals surface area contributed by atoms with Crippen molar-refractivity contribution < 1.29 is 24.2 Å². The van der Waals surface area contributed by atoms with E-state index in [1.807, 2.05) is 6.08 Å². The molecule has 2 bridgehead atoms. The average Bonchev–Trinajstić information content (AvgIpc) is 3.22. The summed E-state index contributed by atoms with van der Waals surface area (Å²) in [4.78, 5) is 33.6. The highest BCUT2D eigenvalue weighted by Gasteiger charge is 2.47. The summed E-state index contributed by atoms with van der Waals surface area (Å²) in [7, 11) is 0. The summed E-state index contributed by atoms with van der Waals surface area (Å²) >= 11 is 0. The normalized spacial score (nSPS) is 27.0. The van der Waals surface area contributed by atoms with Crippen LogP contribution in [-0.4, -0.2) is 48.2 Å². The Morgan fingerprint density at radius 2 is 1.81 bits per heavy atom. The zero-order valence-corrected chi connectivity index (χ0v) is 15.4. The largest absolute Gasteiger partial charge is 0.481 e. The number of amides is 2. The minimum atomic E-state index is -0.758. The van der Waals surface area contributed by atoms with E-state index >= 15 is 0 Å². The number of aliphatic carboxylic acids is 1. The highest BCUT2D eigenvalue weighted by atomic mass is 16.5. The molecule has 0 saturated carbocycles. The number of rotatable bonds is 11. The van der Waals surface area contributed by atoms with Gasteiger partial charge in [-0.2, -0.15) is 0 Å². The van der Waals surface area contributed by atoms with Crippen molar-refractivity contribution in [1.82, 2.24) is 10.6 Å². The van der Waals surface area contributed by atoms with Crippen LogP contribution < -0.4 is 10.6 Å². The molecule has 2 fully saturated rings. The van der Waals surface area contributed by atoms with Gasteiger partial charge < -0.3 is 20.5 Å². The van der Waals surface area contributed by atoms with E-state index in [1.165, 1.54) is 0 Å². The van der Waals surface area contributed by atoms with Crippen LogP contribution in [0.4, 0.5) is 0 Å². The second kappa shape index (κ2) is 10.3. The number of carbonyl (C=O) groups is 3. The maximum Gasteiger partial charge on any atom is 0.303 e. The first kappa shape index (κ1) is 20.4. The molecule has 146 valence electrons. The van der Waals surface area contributed by atoms with Crippen LogP contribution in [0.5, 0.6) is 0 Å². The minimum absolute atomic E-state index is 0.0164. The van der Waals surface area contributed by atoms with Crippen LogP contribution in [0.1, 0.15) is 51.9 Å². The van der Waals surface area contributed by atoms with Crippen molar-refractivity contribution in [3.63, 3.8) is 0 Å². The van der Waals surface area contributed by atoms with Gasteiger partial charge in [0.1, 0.15) is 0 Å². The maximum atomic E-state index is 11.9. The third-order valence-electron chi connectivity index (χ3n) is 5.23. The van der Waals surface area contributed by atoms with E-state index in [1.54, 1.807) is 6.92 Å². The van der Waals surface area contributed by atoms with E-state index in [2.05, 4.69) is 16.7 Å². The van der Waals surface area contributed by atoms with Gasteiger partial charge in [-0.25, -0.2) is 0 Å². The highest BCUT2D eigenvalue weighted by molar-refractivity contribution is 5.84. The Labute approximate surface area is 154 Å². The van der Waals surface area contributed by atoms with E-state index in [4.69, 9.17) is 9.84 Å². The molecule has 3 N–H and O–H groups in total. The van der Waals surface area contributed by atoms with Crippen molar-refractivity contribution in [2.75, 3.05) is 13.1 Å². The first-order chi connectivity index (χ1) is 12.5. The summed E-state index contributed by atoms with van der Waals surface area (Å²) in [5, 5.41) is 14.1. The van der Waals surface area contributed by atoms with E-state index < -0.39 is 5.97 Å². The molecular weight excluding hydrogens is 336 g/mol. The minimum Gasteiger partial charge on any atom is -0.481 e. The molecule has 2 amide bonds. The quantitative estimate of drug-likeness (QED) is 0.381.